The van der Waals surface area contributed by atoms with Crippen molar-refractivity contribution in [1.29, 1.82) is 0 Å². The second kappa shape index (κ2) is 11.0. The van der Waals surface area contributed by atoms with Crippen molar-refractivity contribution in [2.75, 3.05) is 16.8 Å². The predicted octanol–water partition coefficient (Wildman–Crippen LogP) is 7.38. The zero-order valence-electron chi connectivity index (χ0n) is 18.2. The third-order valence-corrected chi connectivity index (χ3v) is 7.49. The van der Waals surface area contributed by atoms with E-state index in [4.69, 9.17) is 51.8 Å². The molecule has 0 spiro atoms. The molecule has 1 heterocycles. The van der Waals surface area contributed by atoms with E-state index in [2.05, 4.69) is 5.32 Å². The van der Waals surface area contributed by atoms with Crippen molar-refractivity contribution in [2.45, 2.75) is 6.92 Å². The summed E-state index contributed by atoms with van der Waals surface area (Å²) < 4.78 is 6.04. The zero-order valence-corrected chi connectivity index (χ0v) is 22.1. The molecular formula is C25H17Cl3N2O3S2. The molecule has 1 fully saturated rings. The molecule has 0 atom stereocenters. The molecule has 0 radical (unpaired) electrons. The summed E-state index contributed by atoms with van der Waals surface area (Å²) in [4.78, 5) is 27.3. The maximum atomic E-state index is 13.0. The minimum Gasteiger partial charge on any atom is -0.484 e. The number of hydrogen-bond donors (Lipinski definition) is 1. The highest BCUT2D eigenvalue weighted by Crippen LogP contribution is 2.37. The Morgan fingerprint density at radius 2 is 1.86 bits per heavy atom. The first-order chi connectivity index (χ1) is 16.7. The van der Waals surface area contributed by atoms with Crippen LogP contribution in [0.15, 0.2) is 65.6 Å². The zero-order chi connectivity index (χ0) is 25.1. The van der Waals surface area contributed by atoms with Crippen molar-refractivity contribution in [3.8, 4) is 5.75 Å². The van der Waals surface area contributed by atoms with Gasteiger partial charge >= 0.3 is 0 Å². The third kappa shape index (κ3) is 6.00. The number of thioether (sulfide) groups is 1. The Bertz CT molecular complexity index is 1380. The molecular weight excluding hydrogens is 547 g/mol. The van der Waals surface area contributed by atoms with Crippen LogP contribution in [0, 0.1) is 6.92 Å². The topological polar surface area (TPSA) is 58.6 Å². The normalized spacial score (nSPS) is 14.5. The monoisotopic (exact) mass is 562 g/mol. The Morgan fingerprint density at radius 1 is 1.09 bits per heavy atom. The predicted molar refractivity (Wildman–Crippen MR) is 149 cm³/mol. The summed E-state index contributed by atoms with van der Waals surface area (Å²) in [5.74, 6) is -0.159. The van der Waals surface area contributed by atoms with Crippen LogP contribution < -0.4 is 15.0 Å². The second-order valence-corrected chi connectivity index (χ2v) is 10.3. The van der Waals surface area contributed by atoms with Gasteiger partial charge in [-0.05, 0) is 60.5 Å². The highest BCUT2D eigenvalue weighted by molar-refractivity contribution is 8.27. The molecule has 0 aromatic heterocycles. The van der Waals surface area contributed by atoms with E-state index in [9.17, 15) is 9.59 Å². The largest absolute Gasteiger partial charge is 0.484 e. The number of carbonyl (C=O) groups excluding carboxylic acids is 2. The van der Waals surface area contributed by atoms with Gasteiger partial charge in [0.25, 0.3) is 11.8 Å². The van der Waals surface area contributed by atoms with Crippen molar-refractivity contribution in [3.05, 3.63) is 91.8 Å². The Hall–Kier alpha value is -2.55. The molecule has 1 aliphatic rings. The molecule has 3 aromatic carbocycles. The summed E-state index contributed by atoms with van der Waals surface area (Å²) in [7, 11) is 0. The lowest BCUT2D eigenvalue weighted by atomic mass is 10.2. The lowest BCUT2D eigenvalue weighted by molar-refractivity contribution is -0.118. The SMILES string of the molecule is Cc1ccc(N2C(=O)/C(=C/c3cccc(OCC(=O)Nc4cccc(Cl)c4Cl)c3)SC2=S)cc1Cl. The fourth-order valence-electron chi connectivity index (χ4n) is 3.19. The van der Waals surface area contributed by atoms with Gasteiger partial charge in [0.15, 0.2) is 10.9 Å². The number of anilines is 2. The smallest absolute Gasteiger partial charge is 0.270 e. The summed E-state index contributed by atoms with van der Waals surface area (Å²) >= 11 is 24.9. The number of amides is 2. The minimum atomic E-state index is -0.391. The summed E-state index contributed by atoms with van der Waals surface area (Å²) in [5, 5.41) is 3.83. The highest BCUT2D eigenvalue weighted by Gasteiger charge is 2.33. The van der Waals surface area contributed by atoms with Crippen molar-refractivity contribution in [2.24, 2.45) is 0 Å². The maximum absolute atomic E-state index is 13.0. The van der Waals surface area contributed by atoms with Crippen LogP contribution in [0.4, 0.5) is 11.4 Å². The van der Waals surface area contributed by atoms with E-state index >= 15 is 0 Å². The molecule has 0 aliphatic carbocycles. The number of carbonyl (C=O) groups is 2. The second-order valence-electron chi connectivity index (χ2n) is 7.46. The quantitative estimate of drug-likeness (QED) is 0.250. The molecule has 4 rings (SSSR count). The number of nitrogens with zero attached hydrogens (tertiary/aromatic N) is 1. The Balaban J connectivity index is 1.44. The maximum Gasteiger partial charge on any atom is 0.270 e. The summed E-state index contributed by atoms with van der Waals surface area (Å²) in [6, 6.07) is 17.4. The molecule has 1 saturated heterocycles. The van der Waals surface area contributed by atoms with Gasteiger partial charge in [-0.1, -0.05) is 83.0 Å². The fraction of sp³-hybridized carbons (Fsp3) is 0.0800. The van der Waals surface area contributed by atoms with Crippen molar-refractivity contribution in [3.63, 3.8) is 0 Å². The van der Waals surface area contributed by atoms with Gasteiger partial charge < -0.3 is 10.1 Å². The first kappa shape index (κ1) is 25.5. The van der Waals surface area contributed by atoms with Crippen LogP contribution in [-0.4, -0.2) is 22.7 Å². The van der Waals surface area contributed by atoms with Gasteiger partial charge in [-0.25, -0.2) is 0 Å². The third-order valence-electron chi connectivity index (χ3n) is 4.96. The Morgan fingerprint density at radius 3 is 2.63 bits per heavy atom. The van der Waals surface area contributed by atoms with Gasteiger partial charge in [0.05, 0.1) is 26.3 Å². The van der Waals surface area contributed by atoms with Crippen LogP contribution in [-0.2, 0) is 9.59 Å². The average Bonchev–Trinajstić information content (AvgIpc) is 3.10. The van der Waals surface area contributed by atoms with E-state index in [0.717, 1.165) is 11.1 Å². The van der Waals surface area contributed by atoms with Gasteiger partial charge in [-0.15, -0.1) is 0 Å². The lowest BCUT2D eigenvalue weighted by Crippen LogP contribution is -2.27. The first-order valence-corrected chi connectivity index (χ1v) is 12.6. The lowest BCUT2D eigenvalue weighted by Gasteiger charge is -2.15. The average molecular weight is 564 g/mol. The minimum absolute atomic E-state index is 0.232. The number of rotatable bonds is 6. The first-order valence-electron chi connectivity index (χ1n) is 10.2. The van der Waals surface area contributed by atoms with E-state index in [1.165, 1.54) is 16.7 Å². The van der Waals surface area contributed by atoms with Crippen LogP contribution in [0.2, 0.25) is 15.1 Å². The number of aryl methyl sites for hydroxylation is 1. The van der Waals surface area contributed by atoms with Crippen LogP contribution in [0.3, 0.4) is 0 Å². The number of benzene rings is 3. The van der Waals surface area contributed by atoms with Crippen LogP contribution in [0.1, 0.15) is 11.1 Å². The molecule has 3 aromatic rings. The van der Waals surface area contributed by atoms with E-state index in [1.54, 1.807) is 48.5 Å². The summed E-state index contributed by atoms with van der Waals surface area (Å²) in [6.45, 7) is 1.66. The van der Waals surface area contributed by atoms with Gasteiger partial charge in [-0.3, -0.25) is 14.5 Å². The van der Waals surface area contributed by atoms with E-state index < -0.39 is 5.91 Å². The van der Waals surface area contributed by atoms with Crippen molar-refractivity contribution in [1.82, 2.24) is 0 Å². The van der Waals surface area contributed by atoms with Crippen LogP contribution in [0.5, 0.6) is 5.75 Å². The Labute approximate surface area is 227 Å². The fourth-order valence-corrected chi connectivity index (χ4v) is 5.01. The molecule has 0 unspecified atom stereocenters. The number of halogens is 3. The number of nitrogens with one attached hydrogen (secondary N) is 1. The standard InChI is InChI=1S/C25H17Cl3N2O3S2/c1-14-8-9-16(12-19(14)27)30-24(32)21(35-25(30)34)11-15-4-2-5-17(10-15)33-13-22(31)29-20-7-3-6-18(26)23(20)28/h2-12H,13H2,1H3,(H,29,31)/b21-11-. The number of ether oxygens (including phenoxy) is 1. The summed E-state index contributed by atoms with van der Waals surface area (Å²) in [6.07, 6.45) is 1.73. The van der Waals surface area contributed by atoms with Crippen LogP contribution in [0.25, 0.3) is 6.08 Å². The number of thiocarbonyl (C=S) groups is 1. The van der Waals surface area contributed by atoms with Crippen LogP contribution >= 0.6 is 58.8 Å². The van der Waals surface area contributed by atoms with E-state index in [-0.39, 0.29) is 17.5 Å². The molecule has 2 amide bonds. The van der Waals surface area contributed by atoms with E-state index in [0.29, 0.717) is 36.4 Å². The molecule has 0 saturated carbocycles. The van der Waals surface area contributed by atoms with Gasteiger partial charge in [0.2, 0.25) is 0 Å². The summed E-state index contributed by atoms with van der Waals surface area (Å²) in [5.41, 5.74) is 2.66. The van der Waals surface area contributed by atoms with Gasteiger partial charge in [-0.2, -0.15) is 0 Å². The molecule has 10 heteroatoms. The van der Waals surface area contributed by atoms with Crippen molar-refractivity contribution >= 4 is 92.4 Å². The van der Waals surface area contributed by atoms with Gasteiger partial charge in [0, 0.05) is 5.02 Å². The molecule has 1 N–H and O–H groups in total. The highest BCUT2D eigenvalue weighted by atomic mass is 35.5. The van der Waals surface area contributed by atoms with Gasteiger partial charge in [0.1, 0.15) is 5.75 Å². The molecule has 1 aliphatic heterocycles. The van der Waals surface area contributed by atoms with E-state index in [1.807, 2.05) is 25.1 Å². The molecule has 178 valence electrons. The molecule has 0 bridgehead atoms. The van der Waals surface area contributed by atoms with Crippen molar-refractivity contribution < 1.29 is 14.3 Å². The molecule has 35 heavy (non-hydrogen) atoms. The number of hydrogen-bond acceptors (Lipinski definition) is 5. The Kier molecular flexibility index (Phi) is 8.04. The molecule has 5 nitrogen and oxygen atoms in total.